The predicted molar refractivity (Wildman–Crippen MR) is 74.2 cm³/mol. The number of nitrogens with one attached hydrogen (secondary N) is 1. The van der Waals surface area contributed by atoms with E-state index in [2.05, 4.69) is 5.32 Å². The van der Waals surface area contributed by atoms with E-state index in [1.807, 2.05) is 6.07 Å². The fourth-order valence-corrected chi connectivity index (χ4v) is 2.17. The first-order valence-electron chi connectivity index (χ1n) is 6.08. The third-order valence-corrected chi connectivity index (χ3v) is 3.04. The Balaban J connectivity index is 3.40. The summed E-state index contributed by atoms with van der Waals surface area (Å²) in [5.74, 6) is 1.83. The van der Waals surface area contributed by atoms with Crippen LogP contribution >= 0.6 is 0 Å². The zero-order valence-corrected chi connectivity index (χ0v) is 12.4. The molecule has 1 atom stereocenters. The van der Waals surface area contributed by atoms with E-state index in [1.54, 1.807) is 48.3 Å². The van der Waals surface area contributed by atoms with Gasteiger partial charge in [-0.15, -0.1) is 0 Å². The van der Waals surface area contributed by atoms with E-state index in [-0.39, 0.29) is 6.04 Å². The van der Waals surface area contributed by atoms with Crippen molar-refractivity contribution >= 4 is 0 Å². The summed E-state index contributed by atoms with van der Waals surface area (Å²) in [6.45, 7) is 3.48. The first-order valence-corrected chi connectivity index (χ1v) is 6.08. The SMILES string of the molecule is CNC(c1cc(OC)c(OC)cc1OC)C(C)(C)O. The average molecular weight is 269 g/mol. The van der Waals surface area contributed by atoms with Crippen LogP contribution in [0.2, 0.25) is 0 Å². The van der Waals surface area contributed by atoms with Crippen molar-refractivity contribution in [2.24, 2.45) is 0 Å². The molecule has 0 aliphatic rings. The lowest BCUT2D eigenvalue weighted by molar-refractivity contribution is 0.0390. The fraction of sp³-hybridized carbons (Fsp3) is 0.571. The molecule has 0 aromatic heterocycles. The predicted octanol–water partition coefficient (Wildman–Crippen LogP) is 1.74. The van der Waals surface area contributed by atoms with E-state index in [0.29, 0.717) is 17.2 Å². The Morgan fingerprint density at radius 3 is 1.84 bits per heavy atom. The van der Waals surface area contributed by atoms with Gasteiger partial charge in [0.1, 0.15) is 5.75 Å². The number of likely N-dealkylation sites (N-methyl/N-ethyl adjacent to an activating group) is 1. The molecule has 1 aromatic rings. The minimum atomic E-state index is -0.943. The molecule has 5 nitrogen and oxygen atoms in total. The normalized spacial score (nSPS) is 13.0. The van der Waals surface area contributed by atoms with Crippen LogP contribution < -0.4 is 19.5 Å². The zero-order chi connectivity index (χ0) is 14.6. The van der Waals surface area contributed by atoms with Crippen LogP contribution in [0.3, 0.4) is 0 Å². The lowest BCUT2D eigenvalue weighted by Crippen LogP contribution is -2.37. The van der Waals surface area contributed by atoms with Gasteiger partial charge < -0.3 is 24.6 Å². The Morgan fingerprint density at radius 1 is 1.00 bits per heavy atom. The lowest BCUT2D eigenvalue weighted by atomic mass is 9.91. The van der Waals surface area contributed by atoms with E-state index < -0.39 is 5.60 Å². The van der Waals surface area contributed by atoms with Crippen molar-refractivity contribution < 1.29 is 19.3 Å². The number of hydrogen-bond acceptors (Lipinski definition) is 5. The minimum absolute atomic E-state index is 0.290. The molecule has 1 aromatic carbocycles. The molecule has 0 aliphatic carbocycles. The molecule has 0 bridgehead atoms. The number of benzene rings is 1. The van der Waals surface area contributed by atoms with Crippen molar-refractivity contribution in [3.63, 3.8) is 0 Å². The Kier molecular flexibility index (Phi) is 5.03. The number of rotatable bonds is 6. The van der Waals surface area contributed by atoms with Gasteiger partial charge in [0.15, 0.2) is 11.5 Å². The molecule has 2 N–H and O–H groups in total. The smallest absolute Gasteiger partial charge is 0.164 e. The van der Waals surface area contributed by atoms with Crippen LogP contribution in [0.25, 0.3) is 0 Å². The van der Waals surface area contributed by atoms with Crippen LogP contribution in [0.15, 0.2) is 12.1 Å². The highest BCUT2D eigenvalue weighted by atomic mass is 16.5. The van der Waals surface area contributed by atoms with E-state index >= 15 is 0 Å². The van der Waals surface area contributed by atoms with Crippen LogP contribution in [0.4, 0.5) is 0 Å². The molecule has 0 saturated heterocycles. The van der Waals surface area contributed by atoms with Crippen molar-refractivity contribution in [3.05, 3.63) is 17.7 Å². The fourth-order valence-electron chi connectivity index (χ4n) is 2.17. The summed E-state index contributed by atoms with van der Waals surface area (Å²) in [7, 11) is 6.52. The molecule has 0 spiro atoms. The van der Waals surface area contributed by atoms with Gasteiger partial charge in [-0.05, 0) is 27.0 Å². The molecule has 1 rings (SSSR count). The van der Waals surface area contributed by atoms with Gasteiger partial charge in [-0.1, -0.05) is 0 Å². The Hall–Kier alpha value is -1.46. The maximum Gasteiger partial charge on any atom is 0.164 e. The van der Waals surface area contributed by atoms with Gasteiger partial charge in [0.2, 0.25) is 0 Å². The molecule has 0 radical (unpaired) electrons. The van der Waals surface area contributed by atoms with Crippen LogP contribution in [-0.4, -0.2) is 39.1 Å². The van der Waals surface area contributed by atoms with Crippen LogP contribution in [0.5, 0.6) is 17.2 Å². The Bertz CT molecular complexity index is 426. The van der Waals surface area contributed by atoms with Crippen molar-refractivity contribution in [2.75, 3.05) is 28.4 Å². The van der Waals surface area contributed by atoms with Gasteiger partial charge in [-0.3, -0.25) is 0 Å². The molecule has 1 unspecified atom stereocenters. The Labute approximate surface area is 114 Å². The van der Waals surface area contributed by atoms with E-state index in [4.69, 9.17) is 14.2 Å². The second-order valence-electron chi connectivity index (χ2n) is 4.82. The van der Waals surface area contributed by atoms with E-state index in [1.165, 1.54) is 0 Å². The molecular formula is C14H23NO4. The standard InChI is InChI=1S/C14H23NO4/c1-14(2,16)13(15-3)9-7-11(18-5)12(19-6)8-10(9)17-4/h7-8,13,15-16H,1-6H3. The van der Waals surface area contributed by atoms with Crippen molar-refractivity contribution in [2.45, 2.75) is 25.5 Å². The molecule has 0 fully saturated rings. The highest BCUT2D eigenvalue weighted by molar-refractivity contribution is 5.52. The number of aliphatic hydroxyl groups is 1. The molecule has 0 saturated carbocycles. The van der Waals surface area contributed by atoms with Crippen LogP contribution in [0, 0.1) is 0 Å². The quantitative estimate of drug-likeness (QED) is 0.824. The Morgan fingerprint density at radius 2 is 1.47 bits per heavy atom. The summed E-state index contributed by atoms with van der Waals surface area (Å²) >= 11 is 0. The summed E-state index contributed by atoms with van der Waals surface area (Å²) in [6, 6.07) is 3.28. The van der Waals surface area contributed by atoms with Crippen LogP contribution in [0.1, 0.15) is 25.5 Å². The topological polar surface area (TPSA) is 60.0 Å². The summed E-state index contributed by atoms with van der Waals surface area (Å²) in [5.41, 5.74) is -0.128. The average Bonchev–Trinajstić information content (AvgIpc) is 2.37. The minimum Gasteiger partial charge on any atom is -0.496 e. The number of hydrogen-bond donors (Lipinski definition) is 2. The van der Waals surface area contributed by atoms with Crippen molar-refractivity contribution in [1.82, 2.24) is 5.32 Å². The van der Waals surface area contributed by atoms with E-state index in [0.717, 1.165) is 5.56 Å². The monoisotopic (exact) mass is 269 g/mol. The van der Waals surface area contributed by atoms with Gasteiger partial charge >= 0.3 is 0 Å². The van der Waals surface area contributed by atoms with Gasteiger partial charge in [-0.2, -0.15) is 0 Å². The van der Waals surface area contributed by atoms with Crippen LogP contribution in [-0.2, 0) is 0 Å². The second-order valence-corrected chi connectivity index (χ2v) is 4.82. The third-order valence-electron chi connectivity index (χ3n) is 3.04. The highest BCUT2D eigenvalue weighted by Gasteiger charge is 2.30. The van der Waals surface area contributed by atoms with Gasteiger partial charge in [0, 0.05) is 11.6 Å². The molecule has 0 aliphatic heterocycles. The largest absolute Gasteiger partial charge is 0.496 e. The van der Waals surface area contributed by atoms with Gasteiger partial charge in [0.05, 0.1) is 33.0 Å². The highest BCUT2D eigenvalue weighted by Crippen LogP contribution is 2.40. The summed E-state index contributed by atoms with van der Waals surface area (Å²) in [4.78, 5) is 0. The first kappa shape index (κ1) is 15.6. The van der Waals surface area contributed by atoms with Crippen molar-refractivity contribution in [1.29, 1.82) is 0 Å². The van der Waals surface area contributed by atoms with Gasteiger partial charge in [-0.25, -0.2) is 0 Å². The van der Waals surface area contributed by atoms with Gasteiger partial charge in [0.25, 0.3) is 0 Å². The second kappa shape index (κ2) is 6.12. The molecule has 0 heterocycles. The maximum absolute atomic E-state index is 10.3. The van der Waals surface area contributed by atoms with E-state index in [9.17, 15) is 5.11 Å². The molecule has 5 heteroatoms. The third kappa shape index (κ3) is 3.30. The molecule has 19 heavy (non-hydrogen) atoms. The summed E-state index contributed by atoms with van der Waals surface area (Å²) in [6.07, 6.45) is 0. The van der Waals surface area contributed by atoms with Crippen molar-refractivity contribution in [3.8, 4) is 17.2 Å². The lowest BCUT2D eigenvalue weighted by Gasteiger charge is -2.31. The molecule has 0 amide bonds. The first-order chi connectivity index (χ1) is 8.88. The molecule has 108 valence electrons. The zero-order valence-electron chi connectivity index (χ0n) is 12.4. The molecular weight excluding hydrogens is 246 g/mol. The summed E-state index contributed by atoms with van der Waals surface area (Å²) in [5, 5.41) is 13.3. The number of methoxy groups -OCH3 is 3. The summed E-state index contributed by atoms with van der Waals surface area (Å²) < 4.78 is 15.9. The number of ether oxygens (including phenoxy) is 3. The maximum atomic E-state index is 10.3.